The zero-order valence-corrected chi connectivity index (χ0v) is 14.2. The van der Waals surface area contributed by atoms with Gasteiger partial charge in [0, 0.05) is 11.1 Å². The van der Waals surface area contributed by atoms with Crippen LogP contribution in [-0.4, -0.2) is 0 Å². The molecule has 0 aromatic carbocycles. The first-order valence-corrected chi connectivity index (χ1v) is 9.30. The van der Waals surface area contributed by atoms with Crippen LogP contribution in [0.25, 0.3) is 0 Å². The Bertz CT molecular complexity index is 505. The maximum Gasteiger partial charge on any atom is 0.115 e. The van der Waals surface area contributed by atoms with Crippen LogP contribution in [0.15, 0.2) is 31.2 Å². The summed E-state index contributed by atoms with van der Waals surface area (Å²) in [5.41, 5.74) is 2.64. The third-order valence-electron chi connectivity index (χ3n) is 3.23. The SMILES string of the molecule is CCCc1coc(C)c1SSc1c(CCC)coc1C. The Morgan fingerprint density at radius 2 is 1.20 bits per heavy atom. The molecule has 0 saturated heterocycles. The summed E-state index contributed by atoms with van der Waals surface area (Å²) in [4.78, 5) is 2.56. The Labute approximate surface area is 129 Å². The van der Waals surface area contributed by atoms with Gasteiger partial charge in [0.15, 0.2) is 0 Å². The molecule has 0 aliphatic carbocycles. The highest BCUT2D eigenvalue weighted by atomic mass is 33.1. The van der Waals surface area contributed by atoms with E-state index in [9.17, 15) is 0 Å². The zero-order chi connectivity index (χ0) is 14.5. The number of rotatable bonds is 7. The molecule has 0 bridgehead atoms. The molecule has 0 radical (unpaired) electrons. The molecule has 2 nitrogen and oxygen atoms in total. The lowest BCUT2D eigenvalue weighted by Gasteiger charge is -2.04. The van der Waals surface area contributed by atoms with Gasteiger partial charge in [-0.1, -0.05) is 26.7 Å². The van der Waals surface area contributed by atoms with E-state index in [0.717, 1.165) is 37.2 Å². The third-order valence-corrected chi connectivity index (χ3v) is 5.99. The van der Waals surface area contributed by atoms with Crippen molar-refractivity contribution < 1.29 is 8.83 Å². The molecular formula is C16H22O2S2. The predicted octanol–water partition coefficient (Wildman–Crippen LogP) is 6.19. The predicted molar refractivity (Wildman–Crippen MR) is 86.6 cm³/mol. The highest BCUT2D eigenvalue weighted by Gasteiger charge is 2.15. The molecular weight excluding hydrogens is 288 g/mol. The molecule has 0 N–H and O–H groups in total. The minimum Gasteiger partial charge on any atom is -0.468 e. The summed E-state index contributed by atoms with van der Waals surface area (Å²) in [6.07, 6.45) is 8.23. The van der Waals surface area contributed by atoms with E-state index in [0.29, 0.717) is 0 Å². The Morgan fingerprint density at radius 3 is 1.55 bits per heavy atom. The summed E-state index contributed by atoms with van der Waals surface area (Å²) in [6, 6.07) is 0. The van der Waals surface area contributed by atoms with E-state index < -0.39 is 0 Å². The molecule has 0 fully saturated rings. The molecule has 0 spiro atoms. The van der Waals surface area contributed by atoms with Gasteiger partial charge in [-0.25, -0.2) is 0 Å². The van der Waals surface area contributed by atoms with Crippen molar-refractivity contribution in [1.29, 1.82) is 0 Å². The lowest BCUT2D eigenvalue weighted by molar-refractivity contribution is 0.525. The van der Waals surface area contributed by atoms with Gasteiger partial charge in [-0.05, 0) is 48.3 Å². The van der Waals surface area contributed by atoms with Gasteiger partial charge in [-0.2, -0.15) is 0 Å². The molecule has 2 aromatic rings. The van der Waals surface area contributed by atoms with Crippen LogP contribution in [0.3, 0.4) is 0 Å². The van der Waals surface area contributed by atoms with Gasteiger partial charge in [0.2, 0.25) is 0 Å². The van der Waals surface area contributed by atoms with Crippen molar-refractivity contribution in [2.24, 2.45) is 0 Å². The van der Waals surface area contributed by atoms with Crippen LogP contribution in [-0.2, 0) is 12.8 Å². The maximum atomic E-state index is 5.57. The minimum atomic E-state index is 1.02. The fraction of sp³-hybridized carbons (Fsp3) is 0.500. The van der Waals surface area contributed by atoms with Crippen molar-refractivity contribution in [3.63, 3.8) is 0 Å². The number of hydrogen-bond acceptors (Lipinski definition) is 4. The first-order valence-electron chi connectivity index (χ1n) is 7.15. The van der Waals surface area contributed by atoms with Crippen LogP contribution in [0.2, 0.25) is 0 Å². The second-order valence-electron chi connectivity index (χ2n) is 4.96. The van der Waals surface area contributed by atoms with E-state index in [-0.39, 0.29) is 0 Å². The molecule has 0 atom stereocenters. The number of furan rings is 2. The summed E-state index contributed by atoms with van der Waals surface area (Å²) >= 11 is 0. The van der Waals surface area contributed by atoms with Gasteiger partial charge >= 0.3 is 0 Å². The second kappa shape index (κ2) is 7.32. The Hall–Kier alpha value is -0.740. The van der Waals surface area contributed by atoms with Gasteiger partial charge in [0.05, 0.1) is 22.3 Å². The number of aryl methyl sites for hydroxylation is 4. The van der Waals surface area contributed by atoms with Crippen molar-refractivity contribution in [2.75, 3.05) is 0 Å². The van der Waals surface area contributed by atoms with Crippen molar-refractivity contribution in [2.45, 2.75) is 63.2 Å². The van der Waals surface area contributed by atoms with Crippen LogP contribution in [0.4, 0.5) is 0 Å². The molecule has 110 valence electrons. The molecule has 4 heteroatoms. The Morgan fingerprint density at radius 1 is 0.800 bits per heavy atom. The summed E-state index contributed by atoms with van der Waals surface area (Å²) in [5.74, 6) is 2.04. The lowest BCUT2D eigenvalue weighted by Crippen LogP contribution is -1.84. The second-order valence-corrected chi connectivity index (χ2v) is 7.11. The van der Waals surface area contributed by atoms with E-state index in [1.54, 1.807) is 21.6 Å². The largest absolute Gasteiger partial charge is 0.468 e. The van der Waals surface area contributed by atoms with E-state index in [2.05, 4.69) is 13.8 Å². The summed E-state index contributed by atoms with van der Waals surface area (Å²) < 4.78 is 11.1. The van der Waals surface area contributed by atoms with Crippen LogP contribution in [0.1, 0.15) is 49.3 Å². The average Bonchev–Trinajstić information content (AvgIpc) is 2.94. The van der Waals surface area contributed by atoms with Crippen molar-refractivity contribution in [3.8, 4) is 0 Å². The molecule has 0 amide bonds. The van der Waals surface area contributed by atoms with Gasteiger partial charge in [-0.3, -0.25) is 0 Å². The van der Waals surface area contributed by atoms with E-state index in [1.807, 2.05) is 26.4 Å². The van der Waals surface area contributed by atoms with Gasteiger partial charge < -0.3 is 8.83 Å². The van der Waals surface area contributed by atoms with E-state index in [4.69, 9.17) is 8.83 Å². The molecule has 0 unspecified atom stereocenters. The monoisotopic (exact) mass is 310 g/mol. The van der Waals surface area contributed by atoms with Crippen molar-refractivity contribution >= 4 is 21.6 Å². The minimum absolute atomic E-state index is 1.02. The summed E-state index contributed by atoms with van der Waals surface area (Å²) in [7, 11) is 3.59. The highest BCUT2D eigenvalue weighted by Crippen LogP contribution is 2.44. The smallest absolute Gasteiger partial charge is 0.115 e. The van der Waals surface area contributed by atoms with Crippen LogP contribution in [0.5, 0.6) is 0 Å². The Balaban J connectivity index is 2.12. The molecule has 0 saturated carbocycles. The summed E-state index contributed by atoms with van der Waals surface area (Å²) in [6.45, 7) is 8.47. The fourth-order valence-electron chi connectivity index (χ4n) is 2.18. The zero-order valence-electron chi connectivity index (χ0n) is 12.6. The quantitative estimate of drug-likeness (QED) is 0.569. The lowest BCUT2D eigenvalue weighted by atomic mass is 10.2. The maximum absolute atomic E-state index is 5.57. The average molecular weight is 310 g/mol. The van der Waals surface area contributed by atoms with E-state index >= 15 is 0 Å². The summed E-state index contributed by atoms with van der Waals surface area (Å²) in [5, 5.41) is 0. The molecule has 2 rings (SSSR count). The first-order chi connectivity index (χ1) is 9.67. The molecule has 2 heterocycles. The molecule has 2 aromatic heterocycles. The topological polar surface area (TPSA) is 26.3 Å². The molecule has 20 heavy (non-hydrogen) atoms. The van der Waals surface area contributed by atoms with Gasteiger partial charge in [0.1, 0.15) is 11.5 Å². The highest BCUT2D eigenvalue weighted by molar-refractivity contribution is 8.76. The van der Waals surface area contributed by atoms with Crippen LogP contribution < -0.4 is 0 Å². The van der Waals surface area contributed by atoms with Crippen molar-refractivity contribution in [1.82, 2.24) is 0 Å². The Kier molecular flexibility index (Phi) is 5.73. The van der Waals surface area contributed by atoms with E-state index in [1.165, 1.54) is 20.9 Å². The normalized spacial score (nSPS) is 11.2. The van der Waals surface area contributed by atoms with Gasteiger partial charge in [-0.15, -0.1) is 0 Å². The standard InChI is InChI=1S/C16H22O2S2/c1-5-7-13-9-17-11(3)15(13)19-20-16-12(4)18-10-14(16)8-6-2/h9-10H,5-8H2,1-4H3. The first kappa shape index (κ1) is 15.6. The van der Waals surface area contributed by atoms with Gasteiger partial charge in [0.25, 0.3) is 0 Å². The van der Waals surface area contributed by atoms with Crippen LogP contribution in [0, 0.1) is 13.8 Å². The fourth-order valence-corrected chi connectivity index (χ4v) is 5.04. The van der Waals surface area contributed by atoms with Crippen LogP contribution >= 0.6 is 21.6 Å². The third kappa shape index (κ3) is 3.47. The molecule has 0 aliphatic rings. The van der Waals surface area contributed by atoms with Crippen molar-refractivity contribution in [3.05, 3.63) is 35.2 Å². The molecule has 0 aliphatic heterocycles. The number of hydrogen-bond donors (Lipinski definition) is 0.